The molecule has 0 bridgehead atoms. The number of nitrogens with zero attached hydrogens (tertiary/aromatic N) is 5. The van der Waals surface area contributed by atoms with E-state index in [2.05, 4.69) is 21.1 Å². The lowest BCUT2D eigenvalue weighted by molar-refractivity contribution is 0.324. The Hall–Kier alpha value is -2.45. The fourth-order valence-corrected chi connectivity index (χ4v) is 3.08. The Bertz CT molecular complexity index is 904. The van der Waals surface area contributed by atoms with Crippen molar-refractivity contribution in [2.24, 2.45) is 0 Å². The van der Waals surface area contributed by atoms with Crippen LogP contribution in [0.15, 0.2) is 36.8 Å². The third kappa shape index (κ3) is 1.88. The molecule has 4 rings (SSSR count). The van der Waals surface area contributed by atoms with Gasteiger partial charge in [0.15, 0.2) is 5.82 Å². The number of fused-ring (bicyclic) bond motifs is 1. The second kappa shape index (κ2) is 4.79. The van der Waals surface area contributed by atoms with Crippen molar-refractivity contribution in [3.05, 3.63) is 47.5 Å². The zero-order valence-corrected chi connectivity index (χ0v) is 12.5. The van der Waals surface area contributed by atoms with Crippen LogP contribution in [0.4, 0.5) is 0 Å². The Kier molecular flexibility index (Phi) is 2.88. The highest BCUT2D eigenvalue weighted by atomic mass is 35.5. The van der Waals surface area contributed by atoms with Gasteiger partial charge in [0.25, 0.3) is 0 Å². The number of rotatable bonds is 2. The first-order valence-corrected chi connectivity index (χ1v) is 7.47. The molecule has 0 spiro atoms. The molecule has 5 nitrogen and oxygen atoms in total. The van der Waals surface area contributed by atoms with E-state index in [1.807, 2.05) is 18.2 Å². The van der Waals surface area contributed by atoms with Gasteiger partial charge in [-0.05, 0) is 30.9 Å². The first-order valence-electron chi connectivity index (χ1n) is 7.09. The van der Waals surface area contributed by atoms with Crippen molar-refractivity contribution in [2.75, 3.05) is 0 Å². The first kappa shape index (κ1) is 13.2. The zero-order chi connectivity index (χ0) is 15.2. The monoisotopic (exact) mass is 309 g/mol. The van der Waals surface area contributed by atoms with E-state index in [1.54, 1.807) is 16.9 Å². The van der Waals surface area contributed by atoms with E-state index in [1.165, 1.54) is 6.33 Å². The maximum atomic E-state index is 9.52. The number of hydrogen-bond donors (Lipinski definition) is 0. The summed E-state index contributed by atoms with van der Waals surface area (Å²) >= 11 is 5.94. The zero-order valence-electron chi connectivity index (χ0n) is 11.7. The fraction of sp³-hybridized carbons (Fsp3) is 0.250. The van der Waals surface area contributed by atoms with Gasteiger partial charge in [0.05, 0.1) is 23.2 Å². The van der Waals surface area contributed by atoms with Crippen molar-refractivity contribution in [1.29, 1.82) is 5.26 Å². The molecule has 0 radical (unpaired) electrons. The van der Waals surface area contributed by atoms with E-state index in [-0.39, 0.29) is 5.41 Å². The van der Waals surface area contributed by atoms with Crippen molar-refractivity contribution in [2.45, 2.75) is 24.7 Å². The number of nitriles is 1. The maximum Gasteiger partial charge on any atom is 0.158 e. The van der Waals surface area contributed by atoms with Crippen LogP contribution in [0.2, 0.25) is 5.15 Å². The summed E-state index contributed by atoms with van der Waals surface area (Å²) in [5.41, 5.74) is 1.64. The third-order valence-electron chi connectivity index (χ3n) is 4.38. The molecule has 0 amide bonds. The molecule has 6 heteroatoms. The van der Waals surface area contributed by atoms with Gasteiger partial charge in [0, 0.05) is 11.5 Å². The Labute approximate surface area is 132 Å². The molecule has 2 aromatic heterocycles. The Morgan fingerprint density at radius 2 is 2.09 bits per heavy atom. The minimum absolute atomic E-state index is 0.341. The molecule has 3 aromatic rings. The molecule has 1 fully saturated rings. The van der Waals surface area contributed by atoms with Gasteiger partial charge in [-0.1, -0.05) is 23.7 Å². The van der Waals surface area contributed by atoms with Crippen molar-refractivity contribution < 1.29 is 0 Å². The predicted octanol–water partition coefficient (Wildman–Crippen LogP) is 3.41. The van der Waals surface area contributed by atoms with E-state index in [4.69, 9.17) is 11.6 Å². The predicted molar refractivity (Wildman–Crippen MR) is 82.8 cm³/mol. The summed E-state index contributed by atoms with van der Waals surface area (Å²) in [6.45, 7) is 0. The largest absolute Gasteiger partial charge is 0.224 e. The third-order valence-corrected chi connectivity index (χ3v) is 4.59. The van der Waals surface area contributed by atoms with Crippen LogP contribution in [0.1, 0.15) is 24.8 Å². The van der Waals surface area contributed by atoms with E-state index >= 15 is 0 Å². The van der Waals surface area contributed by atoms with Gasteiger partial charge >= 0.3 is 0 Å². The molecule has 0 aliphatic heterocycles. The summed E-state index contributed by atoms with van der Waals surface area (Å²) < 4.78 is 1.73. The fourth-order valence-electron chi connectivity index (χ4n) is 2.93. The van der Waals surface area contributed by atoms with Gasteiger partial charge in [-0.3, -0.25) is 0 Å². The van der Waals surface area contributed by atoms with Gasteiger partial charge in [-0.2, -0.15) is 10.4 Å². The van der Waals surface area contributed by atoms with Crippen LogP contribution in [0.5, 0.6) is 0 Å². The number of aromatic nitrogens is 4. The molecule has 2 heterocycles. The molecule has 1 aliphatic carbocycles. The number of benzene rings is 1. The second-order valence-electron chi connectivity index (χ2n) is 5.58. The van der Waals surface area contributed by atoms with Crippen molar-refractivity contribution in [3.63, 3.8) is 0 Å². The molecule has 1 aromatic carbocycles. The topological polar surface area (TPSA) is 67.4 Å². The Morgan fingerprint density at radius 3 is 2.77 bits per heavy atom. The average Bonchev–Trinajstić information content (AvgIpc) is 2.90. The Morgan fingerprint density at radius 1 is 1.23 bits per heavy atom. The quantitative estimate of drug-likeness (QED) is 0.680. The molecular formula is C16H12ClN5. The average molecular weight is 310 g/mol. The van der Waals surface area contributed by atoms with Crippen LogP contribution in [-0.4, -0.2) is 19.7 Å². The SMILES string of the molecule is N#CC1(c2ccc3cnn(-c4cc(Cl)ncn4)c3c2)CCC1. The molecule has 0 saturated heterocycles. The van der Waals surface area contributed by atoms with Crippen molar-refractivity contribution in [3.8, 4) is 11.9 Å². The van der Waals surface area contributed by atoms with E-state index < -0.39 is 0 Å². The molecule has 1 saturated carbocycles. The van der Waals surface area contributed by atoms with E-state index in [0.29, 0.717) is 11.0 Å². The van der Waals surface area contributed by atoms with Crippen molar-refractivity contribution >= 4 is 22.5 Å². The minimum Gasteiger partial charge on any atom is -0.224 e. The molecule has 22 heavy (non-hydrogen) atoms. The number of hydrogen-bond acceptors (Lipinski definition) is 4. The van der Waals surface area contributed by atoms with Crippen LogP contribution >= 0.6 is 11.6 Å². The van der Waals surface area contributed by atoms with Crippen molar-refractivity contribution in [1.82, 2.24) is 19.7 Å². The molecule has 108 valence electrons. The lowest BCUT2D eigenvalue weighted by Crippen LogP contribution is -2.32. The summed E-state index contributed by atoms with van der Waals surface area (Å²) in [4.78, 5) is 8.11. The minimum atomic E-state index is -0.341. The van der Waals surface area contributed by atoms with Gasteiger partial charge in [0.1, 0.15) is 11.5 Å². The lowest BCUT2D eigenvalue weighted by atomic mass is 9.65. The van der Waals surface area contributed by atoms with Crippen LogP contribution in [0.3, 0.4) is 0 Å². The molecule has 1 aliphatic rings. The highest BCUT2D eigenvalue weighted by Crippen LogP contribution is 2.43. The van der Waals surface area contributed by atoms with E-state index in [9.17, 15) is 5.26 Å². The van der Waals surface area contributed by atoms with Crippen LogP contribution in [0.25, 0.3) is 16.7 Å². The molecular weight excluding hydrogens is 298 g/mol. The highest BCUT2D eigenvalue weighted by molar-refractivity contribution is 6.29. The van der Waals surface area contributed by atoms with E-state index in [0.717, 1.165) is 35.7 Å². The summed E-state index contributed by atoms with van der Waals surface area (Å²) in [5.74, 6) is 0.617. The van der Waals surface area contributed by atoms with Gasteiger partial charge in [-0.25, -0.2) is 14.6 Å². The molecule has 0 unspecified atom stereocenters. The summed E-state index contributed by atoms with van der Waals surface area (Å²) in [6.07, 6.45) is 6.14. The standard InChI is InChI=1S/C16H12ClN5/c17-14-7-15(20-10-19-14)22-13-6-12(3-2-11(13)8-21-22)16(9-18)4-1-5-16/h2-3,6-8,10H,1,4-5H2. The molecule has 0 atom stereocenters. The summed E-state index contributed by atoms with van der Waals surface area (Å²) in [6, 6.07) is 10.2. The molecule has 0 N–H and O–H groups in total. The van der Waals surface area contributed by atoms with Crippen LogP contribution < -0.4 is 0 Å². The number of halogens is 1. The van der Waals surface area contributed by atoms with Crippen LogP contribution in [0, 0.1) is 11.3 Å². The second-order valence-corrected chi connectivity index (χ2v) is 5.96. The first-order chi connectivity index (χ1) is 10.7. The highest BCUT2D eigenvalue weighted by Gasteiger charge is 2.39. The summed E-state index contributed by atoms with van der Waals surface area (Å²) in [7, 11) is 0. The van der Waals surface area contributed by atoms with Gasteiger partial charge < -0.3 is 0 Å². The normalized spacial score (nSPS) is 16.2. The maximum absolute atomic E-state index is 9.52. The van der Waals surface area contributed by atoms with Gasteiger partial charge in [0.2, 0.25) is 0 Å². The smallest absolute Gasteiger partial charge is 0.158 e. The van der Waals surface area contributed by atoms with Crippen LogP contribution in [-0.2, 0) is 5.41 Å². The van der Waals surface area contributed by atoms with Gasteiger partial charge in [-0.15, -0.1) is 0 Å². The lowest BCUT2D eigenvalue weighted by Gasteiger charge is -2.35. The Balaban J connectivity index is 1.89. The summed E-state index contributed by atoms with van der Waals surface area (Å²) in [5, 5.41) is 15.3.